The molecule has 5 heteroatoms. The molecule has 0 spiro atoms. The van der Waals surface area contributed by atoms with Crippen molar-refractivity contribution in [2.45, 2.75) is 13.3 Å². The molecule has 1 aliphatic heterocycles. The lowest BCUT2D eigenvalue weighted by molar-refractivity contribution is -0.115. The Balaban J connectivity index is 2.08. The van der Waals surface area contributed by atoms with Crippen LogP contribution in [-0.4, -0.2) is 16.8 Å². The van der Waals surface area contributed by atoms with Crippen molar-refractivity contribution in [3.8, 4) is 5.75 Å². The lowest BCUT2D eigenvalue weighted by atomic mass is 10.2. The predicted octanol–water partition coefficient (Wildman–Crippen LogP) is 2.96. The Labute approximate surface area is 116 Å². The van der Waals surface area contributed by atoms with E-state index in [0.717, 1.165) is 17.7 Å². The first-order chi connectivity index (χ1) is 8.69. The van der Waals surface area contributed by atoms with E-state index in [4.69, 9.17) is 17.0 Å². The summed E-state index contributed by atoms with van der Waals surface area (Å²) in [6, 6.07) is 7.65. The first-order valence-corrected chi connectivity index (χ1v) is 6.89. The molecule has 1 fully saturated rings. The second-order valence-electron chi connectivity index (χ2n) is 3.77. The summed E-state index contributed by atoms with van der Waals surface area (Å²) in [5.74, 6) is 0.717. The molecule has 1 heterocycles. The van der Waals surface area contributed by atoms with Gasteiger partial charge in [0, 0.05) is 0 Å². The molecule has 1 saturated heterocycles. The van der Waals surface area contributed by atoms with Crippen LogP contribution in [0.5, 0.6) is 5.75 Å². The Bertz CT molecular complexity index is 494. The minimum absolute atomic E-state index is 0.128. The Morgan fingerprint density at radius 2 is 2.11 bits per heavy atom. The second-order valence-corrected chi connectivity index (χ2v) is 5.49. The summed E-state index contributed by atoms with van der Waals surface area (Å²) in [7, 11) is 0. The average molecular weight is 279 g/mol. The van der Waals surface area contributed by atoms with Gasteiger partial charge in [0.05, 0.1) is 11.5 Å². The molecule has 0 aliphatic carbocycles. The van der Waals surface area contributed by atoms with Gasteiger partial charge >= 0.3 is 0 Å². The van der Waals surface area contributed by atoms with Crippen molar-refractivity contribution >= 4 is 40.3 Å². The first kappa shape index (κ1) is 13.1. The van der Waals surface area contributed by atoms with Crippen LogP contribution >= 0.6 is 24.0 Å². The van der Waals surface area contributed by atoms with Gasteiger partial charge in [-0.3, -0.25) is 4.79 Å². The van der Waals surface area contributed by atoms with Crippen molar-refractivity contribution in [1.29, 1.82) is 0 Å². The van der Waals surface area contributed by atoms with E-state index in [9.17, 15) is 4.79 Å². The van der Waals surface area contributed by atoms with Crippen LogP contribution in [0.1, 0.15) is 18.9 Å². The Morgan fingerprint density at radius 1 is 1.39 bits per heavy atom. The lowest BCUT2D eigenvalue weighted by Crippen LogP contribution is -2.17. The molecule has 94 valence electrons. The van der Waals surface area contributed by atoms with Crippen molar-refractivity contribution in [2.75, 3.05) is 6.61 Å². The van der Waals surface area contributed by atoms with Crippen LogP contribution in [0.3, 0.4) is 0 Å². The number of amides is 1. The smallest absolute Gasteiger partial charge is 0.263 e. The molecule has 0 radical (unpaired) electrons. The Hall–Kier alpha value is -1.33. The normalized spacial score (nSPS) is 17.1. The zero-order chi connectivity index (χ0) is 13.0. The highest BCUT2D eigenvalue weighted by molar-refractivity contribution is 8.26. The van der Waals surface area contributed by atoms with Crippen LogP contribution in [-0.2, 0) is 4.79 Å². The maximum atomic E-state index is 11.5. The third kappa shape index (κ3) is 3.34. The highest BCUT2D eigenvalue weighted by atomic mass is 32.2. The van der Waals surface area contributed by atoms with Gasteiger partial charge in [-0.05, 0) is 30.2 Å². The summed E-state index contributed by atoms with van der Waals surface area (Å²) < 4.78 is 6.00. The molecule has 0 aromatic heterocycles. The molecular weight excluding hydrogens is 266 g/mol. The van der Waals surface area contributed by atoms with Crippen LogP contribution in [0.2, 0.25) is 0 Å². The van der Waals surface area contributed by atoms with Gasteiger partial charge in [0.15, 0.2) is 0 Å². The summed E-state index contributed by atoms with van der Waals surface area (Å²) >= 11 is 6.22. The monoisotopic (exact) mass is 279 g/mol. The molecule has 2 rings (SSSR count). The topological polar surface area (TPSA) is 38.3 Å². The van der Waals surface area contributed by atoms with E-state index in [-0.39, 0.29) is 5.91 Å². The summed E-state index contributed by atoms with van der Waals surface area (Å²) in [4.78, 5) is 12.1. The molecule has 1 amide bonds. The summed E-state index contributed by atoms with van der Waals surface area (Å²) in [5.41, 5.74) is 0.959. The van der Waals surface area contributed by atoms with Crippen LogP contribution in [0.4, 0.5) is 0 Å². The largest absolute Gasteiger partial charge is 0.494 e. The number of carbonyl (C=O) groups excluding carboxylic acids is 1. The van der Waals surface area contributed by atoms with Gasteiger partial charge < -0.3 is 10.1 Å². The highest BCUT2D eigenvalue weighted by Gasteiger charge is 2.21. The maximum absolute atomic E-state index is 11.5. The van der Waals surface area contributed by atoms with Crippen LogP contribution in [0, 0.1) is 0 Å². The maximum Gasteiger partial charge on any atom is 0.263 e. The van der Waals surface area contributed by atoms with E-state index in [1.165, 1.54) is 11.8 Å². The minimum Gasteiger partial charge on any atom is -0.494 e. The second kappa shape index (κ2) is 6.02. The van der Waals surface area contributed by atoms with Crippen LogP contribution in [0.25, 0.3) is 6.08 Å². The zero-order valence-electron chi connectivity index (χ0n) is 9.93. The van der Waals surface area contributed by atoms with Gasteiger partial charge in [-0.1, -0.05) is 43.0 Å². The molecule has 1 aromatic carbocycles. The number of hydrogen-bond donors (Lipinski definition) is 1. The predicted molar refractivity (Wildman–Crippen MR) is 78.5 cm³/mol. The van der Waals surface area contributed by atoms with Gasteiger partial charge in [-0.2, -0.15) is 0 Å². The number of ether oxygens (including phenoxy) is 1. The van der Waals surface area contributed by atoms with Gasteiger partial charge in [-0.15, -0.1) is 0 Å². The van der Waals surface area contributed by atoms with E-state index >= 15 is 0 Å². The molecule has 3 nitrogen and oxygen atoms in total. The van der Waals surface area contributed by atoms with Gasteiger partial charge in [-0.25, -0.2) is 0 Å². The zero-order valence-corrected chi connectivity index (χ0v) is 11.6. The molecule has 1 N–H and O–H groups in total. The number of benzene rings is 1. The third-order valence-corrected chi connectivity index (χ3v) is 3.46. The Kier molecular flexibility index (Phi) is 4.38. The number of thioether (sulfide) groups is 1. The molecular formula is C13H13NO2S2. The van der Waals surface area contributed by atoms with Crippen LogP contribution < -0.4 is 10.1 Å². The van der Waals surface area contributed by atoms with Crippen molar-refractivity contribution < 1.29 is 9.53 Å². The third-order valence-electron chi connectivity index (χ3n) is 2.29. The molecule has 0 bridgehead atoms. The Morgan fingerprint density at radius 3 is 2.67 bits per heavy atom. The minimum atomic E-state index is -0.128. The SMILES string of the molecule is CCCOc1ccc(/C=C2/SC(=S)NC2=O)cc1. The van der Waals surface area contributed by atoms with Crippen molar-refractivity contribution in [3.63, 3.8) is 0 Å². The van der Waals surface area contributed by atoms with E-state index in [2.05, 4.69) is 12.2 Å². The number of nitrogens with one attached hydrogen (secondary N) is 1. The van der Waals surface area contributed by atoms with Crippen LogP contribution in [0.15, 0.2) is 29.2 Å². The van der Waals surface area contributed by atoms with E-state index in [0.29, 0.717) is 15.8 Å². The highest BCUT2D eigenvalue weighted by Crippen LogP contribution is 2.26. The quantitative estimate of drug-likeness (QED) is 0.679. The van der Waals surface area contributed by atoms with Gasteiger partial charge in [0.2, 0.25) is 0 Å². The molecule has 0 saturated carbocycles. The summed E-state index contributed by atoms with van der Waals surface area (Å²) in [6.45, 7) is 2.78. The number of thiocarbonyl (C=S) groups is 1. The molecule has 0 atom stereocenters. The van der Waals surface area contributed by atoms with Gasteiger partial charge in [0.25, 0.3) is 5.91 Å². The number of rotatable bonds is 4. The van der Waals surface area contributed by atoms with E-state index in [1.807, 2.05) is 30.3 Å². The molecule has 0 unspecified atom stereocenters. The molecule has 1 aromatic rings. The van der Waals surface area contributed by atoms with Crippen molar-refractivity contribution in [3.05, 3.63) is 34.7 Å². The van der Waals surface area contributed by atoms with Crippen molar-refractivity contribution in [2.24, 2.45) is 0 Å². The fraction of sp³-hybridized carbons (Fsp3) is 0.231. The van der Waals surface area contributed by atoms with Crippen molar-refractivity contribution in [1.82, 2.24) is 5.32 Å². The summed E-state index contributed by atoms with van der Waals surface area (Å²) in [5, 5.41) is 2.59. The van der Waals surface area contributed by atoms with E-state index < -0.39 is 0 Å². The fourth-order valence-electron chi connectivity index (χ4n) is 1.45. The van der Waals surface area contributed by atoms with E-state index in [1.54, 1.807) is 0 Å². The fourth-order valence-corrected chi connectivity index (χ4v) is 2.50. The number of carbonyl (C=O) groups is 1. The average Bonchev–Trinajstić information content (AvgIpc) is 2.67. The standard InChI is InChI=1S/C13H13NO2S2/c1-2-7-16-10-5-3-9(4-6-10)8-11-12(15)14-13(17)18-11/h3-6,8H,2,7H2,1H3,(H,14,15,17)/b11-8+. The summed E-state index contributed by atoms with van der Waals surface area (Å²) in [6.07, 6.45) is 2.81. The number of hydrogen-bond acceptors (Lipinski definition) is 4. The molecule has 1 aliphatic rings. The lowest BCUT2D eigenvalue weighted by Gasteiger charge is -2.04. The molecule has 18 heavy (non-hydrogen) atoms. The first-order valence-electron chi connectivity index (χ1n) is 5.67. The van der Waals surface area contributed by atoms with Gasteiger partial charge in [0.1, 0.15) is 10.1 Å².